The predicted molar refractivity (Wildman–Crippen MR) is 84.2 cm³/mol. The molecule has 2 nitrogen and oxygen atoms in total. The number of ether oxygens (including phenoxy) is 1. The zero-order valence-corrected chi connectivity index (χ0v) is 12.8. The Morgan fingerprint density at radius 1 is 1.14 bits per heavy atom. The fourth-order valence-corrected chi connectivity index (χ4v) is 2.90. The third-order valence-corrected chi connectivity index (χ3v) is 4.44. The molecule has 0 fully saturated rings. The molecule has 0 spiro atoms. The van der Waals surface area contributed by atoms with E-state index < -0.39 is 0 Å². The standard InChI is InChI=1S/C17H14Cl2O2/c18-14-6-5-12(9-15(14)19)16(20)10-17-13-4-2-1-3-11(13)7-8-21-17/h1-6,9,17H,7-8,10H2. The van der Waals surface area contributed by atoms with Crippen molar-refractivity contribution in [3.8, 4) is 0 Å². The van der Waals surface area contributed by atoms with Gasteiger partial charge in [-0.1, -0.05) is 47.5 Å². The highest BCUT2D eigenvalue weighted by Crippen LogP contribution is 2.31. The summed E-state index contributed by atoms with van der Waals surface area (Å²) in [6, 6.07) is 13.1. The van der Waals surface area contributed by atoms with E-state index in [4.69, 9.17) is 27.9 Å². The summed E-state index contributed by atoms with van der Waals surface area (Å²) in [6.45, 7) is 0.649. The van der Waals surface area contributed by atoms with Gasteiger partial charge in [0.05, 0.1) is 22.8 Å². The molecule has 0 radical (unpaired) electrons. The van der Waals surface area contributed by atoms with Crippen LogP contribution >= 0.6 is 23.2 Å². The molecule has 1 unspecified atom stereocenters. The maximum atomic E-state index is 12.4. The van der Waals surface area contributed by atoms with Gasteiger partial charge in [0.25, 0.3) is 0 Å². The van der Waals surface area contributed by atoms with Crippen LogP contribution in [0, 0.1) is 0 Å². The summed E-state index contributed by atoms with van der Waals surface area (Å²) < 4.78 is 5.77. The molecule has 1 aliphatic rings. The smallest absolute Gasteiger partial charge is 0.165 e. The zero-order chi connectivity index (χ0) is 14.8. The number of Topliss-reactive ketones (excluding diaryl/α,β-unsaturated/α-hetero) is 1. The van der Waals surface area contributed by atoms with Gasteiger partial charge in [0.1, 0.15) is 0 Å². The van der Waals surface area contributed by atoms with E-state index >= 15 is 0 Å². The first-order valence-electron chi connectivity index (χ1n) is 6.83. The van der Waals surface area contributed by atoms with Gasteiger partial charge in [-0.2, -0.15) is 0 Å². The van der Waals surface area contributed by atoms with E-state index in [1.54, 1.807) is 18.2 Å². The normalized spacial score (nSPS) is 17.3. The van der Waals surface area contributed by atoms with Gasteiger partial charge in [-0.05, 0) is 35.7 Å². The van der Waals surface area contributed by atoms with Gasteiger partial charge in [0.2, 0.25) is 0 Å². The van der Waals surface area contributed by atoms with Gasteiger partial charge >= 0.3 is 0 Å². The zero-order valence-electron chi connectivity index (χ0n) is 11.3. The van der Waals surface area contributed by atoms with Gasteiger partial charge in [-0.15, -0.1) is 0 Å². The summed E-state index contributed by atoms with van der Waals surface area (Å²) in [4.78, 5) is 12.4. The van der Waals surface area contributed by atoms with Crippen LogP contribution in [0.15, 0.2) is 42.5 Å². The van der Waals surface area contributed by atoms with Crippen molar-refractivity contribution >= 4 is 29.0 Å². The molecule has 0 N–H and O–H groups in total. The molecule has 0 aromatic heterocycles. The number of fused-ring (bicyclic) bond motifs is 1. The summed E-state index contributed by atoms with van der Waals surface area (Å²) in [5.41, 5.74) is 2.93. The highest BCUT2D eigenvalue weighted by Gasteiger charge is 2.23. The van der Waals surface area contributed by atoms with E-state index in [0.717, 1.165) is 12.0 Å². The Bertz CT molecular complexity index is 682. The molecule has 0 saturated heterocycles. The summed E-state index contributed by atoms with van der Waals surface area (Å²) in [7, 11) is 0. The van der Waals surface area contributed by atoms with Crippen LogP contribution in [0.2, 0.25) is 10.0 Å². The van der Waals surface area contributed by atoms with Crippen LogP contribution in [-0.2, 0) is 11.2 Å². The minimum atomic E-state index is -0.183. The summed E-state index contributed by atoms with van der Waals surface area (Å²) in [5, 5.41) is 0.847. The van der Waals surface area contributed by atoms with Gasteiger partial charge in [0.15, 0.2) is 5.78 Å². The maximum Gasteiger partial charge on any atom is 0.165 e. The van der Waals surface area contributed by atoms with Crippen LogP contribution < -0.4 is 0 Å². The van der Waals surface area contributed by atoms with E-state index in [-0.39, 0.29) is 11.9 Å². The summed E-state index contributed by atoms with van der Waals surface area (Å²) in [6.07, 6.45) is 1.03. The van der Waals surface area contributed by atoms with Crippen LogP contribution in [0.5, 0.6) is 0 Å². The van der Waals surface area contributed by atoms with Crippen LogP contribution in [-0.4, -0.2) is 12.4 Å². The number of carbonyl (C=O) groups is 1. The van der Waals surface area contributed by atoms with Crippen molar-refractivity contribution in [3.63, 3.8) is 0 Å². The Hall–Kier alpha value is -1.35. The molecule has 1 heterocycles. The lowest BCUT2D eigenvalue weighted by molar-refractivity contribution is 0.0352. The Kier molecular flexibility index (Phi) is 4.29. The first-order chi connectivity index (χ1) is 10.1. The maximum absolute atomic E-state index is 12.4. The second-order valence-corrected chi connectivity index (χ2v) is 5.88. The number of benzene rings is 2. The van der Waals surface area contributed by atoms with Crippen LogP contribution in [0.1, 0.15) is 34.0 Å². The topological polar surface area (TPSA) is 26.3 Å². The van der Waals surface area contributed by atoms with Crippen molar-refractivity contribution < 1.29 is 9.53 Å². The molecule has 1 aliphatic heterocycles. The van der Waals surface area contributed by atoms with Crippen LogP contribution in [0.4, 0.5) is 0 Å². The van der Waals surface area contributed by atoms with E-state index in [0.29, 0.717) is 28.6 Å². The van der Waals surface area contributed by atoms with Crippen molar-refractivity contribution in [1.82, 2.24) is 0 Å². The molecule has 2 aromatic rings. The Morgan fingerprint density at radius 2 is 1.95 bits per heavy atom. The number of rotatable bonds is 3. The molecule has 3 rings (SSSR count). The van der Waals surface area contributed by atoms with Gasteiger partial charge in [-0.25, -0.2) is 0 Å². The number of ketones is 1. The monoisotopic (exact) mass is 320 g/mol. The molecule has 1 atom stereocenters. The third-order valence-electron chi connectivity index (χ3n) is 3.70. The quantitative estimate of drug-likeness (QED) is 0.753. The highest BCUT2D eigenvalue weighted by molar-refractivity contribution is 6.42. The van der Waals surface area contributed by atoms with Crippen molar-refractivity contribution in [1.29, 1.82) is 0 Å². The molecule has 0 saturated carbocycles. The second kappa shape index (κ2) is 6.18. The van der Waals surface area contributed by atoms with E-state index in [2.05, 4.69) is 6.07 Å². The lowest BCUT2D eigenvalue weighted by atomic mass is 9.93. The Labute approximate surface area is 133 Å². The minimum absolute atomic E-state index is 0.00951. The summed E-state index contributed by atoms with van der Waals surface area (Å²) >= 11 is 11.8. The fourth-order valence-electron chi connectivity index (χ4n) is 2.60. The predicted octanol–water partition coefficient (Wildman–Crippen LogP) is 4.88. The molecule has 108 valence electrons. The van der Waals surface area contributed by atoms with Crippen molar-refractivity contribution in [3.05, 3.63) is 69.2 Å². The van der Waals surface area contributed by atoms with E-state index in [1.165, 1.54) is 5.56 Å². The van der Waals surface area contributed by atoms with Crippen molar-refractivity contribution in [2.45, 2.75) is 18.9 Å². The molecule has 0 amide bonds. The molecular weight excluding hydrogens is 307 g/mol. The number of hydrogen-bond acceptors (Lipinski definition) is 2. The lowest BCUT2D eigenvalue weighted by Crippen LogP contribution is -2.19. The average Bonchev–Trinajstić information content (AvgIpc) is 2.50. The molecule has 0 aliphatic carbocycles. The minimum Gasteiger partial charge on any atom is -0.373 e. The lowest BCUT2D eigenvalue weighted by Gasteiger charge is -2.25. The molecule has 21 heavy (non-hydrogen) atoms. The molecule has 0 bridgehead atoms. The first-order valence-corrected chi connectivity index (χ1v) is 7.58. The number of halogens is 2. The van der Waals surface area contributed by atoms with Crippen LogP contribution in [0.3, 0.4) is 0 Å². The fraction of sp³-hybridized carbons (Fsp3) is 0.235. The number of hydrogen-bond donors (Lipinski definition) is 0. The summed E-state index contributed by atoms with van der Waals surface area (Å²) in [5.74, 6) is 0.00951. The highest BCUT2D eigenvalue weighted by atomic mass is 35.5. The SMILES string of the molecule is O=C(CC1OCCc2ccccc21)c1ccc(Cl)c(Cl)c1. The Balaban J connectivity index is 1.81. The molecule has 4 heteroatoms. The average molecular weight is 321 g/mol. The second-order valence-electron chi connectivity index (χ2n) is 5.06. The van der Waals surface area contributed by atoms with E-state index in [1.807, 2.05) is 18.2 Å². The van der Waals surface area contributed by atoms with Gasteiger partial charge < -0.3 is 4.74 Å². The molecular formula is C17H14Cl2O2. The van der Waals surface area contributed by atoms with Gasteiger partial charge in [-0.3, -0.25) is 4.79 Å². The molecule has 2 aromatic carbocycles. The number of carbonyl (C=O) groups excluding carboxylic acids is 1. The van der Waals surface area contributed by atoms with Crippen LogP contribution in [0.25, 0.3) is 0 Å². The van der Waals surface area contributed by atoms with Gasteiger partial charge in [0, 0.05) is 12.0 Å². The Morgan fingerprint density at radius 3 is 2.76 bits per heavy atom. The van der Waals surface area contributed by atoms with E-state index in [9.17, 15) is 4.79 Å². The van der Waals surface area contributed by atoms with Crippen molar-refractivity contribution in [2.75, 3.05) is 6.61 Å². The van der Waals surface area contributed by atoms with Crippen molar-refractivity contribution in [2.24, 2.45) is 0 Å². The first kappa shape index (κ1) is 14.6. The largest absolute Gasteiger partial charge is 0.373 e. The third kappa shape index (κ3) is 3.13.